The smallest absolute Gasteiger partial charge is 0.230 e. The van der Waals surface area contributed by atoms with Crippen LogP contribution in [-0.2, 0) is 17.6 Å². The topological polar surface area (TPSA) is 72.7 Å². The first-order valence-electron chi connectivity index (χ1n) is 7.91. The maximum atomic E-state index is 13.1. The molecule has 0 saturated carbocycles. The van der Waals surface area contributed by atoms with Crippen LogP contribution in [0.5, 0.6) is 0 Å². The van der Waals surface area contributed by atoms with E-state index in [1.807, 2.05) is 20.8 Å². The number of halogens is 1. The summed E-state index contributed by atoms with van der Waals surface area (Å²) in [6.07, 6.45) is 0.982. The first kappa shape index (κ1) is 17.2. The molecule has 0 atom stereocenters. The molecule has 25 heavy (non-hydrogen) atoms. The fourth-order valence-corrected chi connectivity index (χ4v) is 3.23. The molecule has 2 heterocycles. The molecule has 3 aromatic rings. The summed E-state index contributed by atoms with van der Waals surface area (Å²) in [5.74, 6) is -0.461. The minimum absolute atomic E-state index is 0.163. The highest BCUT2D eigenvalue weighted by atomic mass is 32.1. The quantitative estimate of drug-likeness (QED) is 0.759. The molecular weight excluding hydrogens is 341 g/mol. The maximum absolute atomic E-state index is 13.1. The van der Waals surface area contributed by atoms with E-state index in [1.54, 1.807) is 16.8 Å². The Bertz CT molecular complexity index is 900. The molecule has 0 saturated heterocycles. The van der Waals surface area contributed by atoms with Gasteiger partial charge in [-0.1, -0.05) is 18.3 Å². The van der Waals surface area contributed by atoms with Crippen molar-refractivity contribution in [1.29, 1.82) is 0 Å². The Kier molecular flexibility index (Phi) is 4.89. The van der Waals surface area contributed by atoms with E-state index in [0.717, 1.165) is 34.1 Å². The molecule has 0 fully saturated rings. The van der Waals surface area contributed by atoms with Crippen molar-refractivity contribution >= 4 is 22.4 Å². The van der Waals surface area contributed by atoms with Gasteiger partial charge in [0.05, 0.1) is 17.8 Å². The van der Waals surface area contributed by atoms with Crippen molar-refractivity contribution in [2.75, 3.05) is 5.32 Å². The molecular formula is C17H18FN5OS. The van der Waals surface area contributed by atoms with Gasteiger partial charge in [0.15, 0.2) is 0 Å². The number of nitrogens with zero attached hydrogens (tertiary/aromatic N) is 4. The van der Waals surface area contributed by atoms with Gasteiger partial charge in [-0.2, -0.15) is 5.10 Å². The fourth-order valence-electron chi connectivity index (χ4n) is 2.54. The Morgan fingerprint density at radius 2 is 1.96 bits per heavy atom. The van der Waals surface area contributed by atoms with E-state index in [-0.39, 0.29) is 18.1 Å². The number of aryl methyl sites for hydroxylation is 2. The third kappa shape index (κ3) is 3.74. The molecule has 0 aliphatic carbocycles. The van der Waals surface area contributed by atoms with E-state index in [2.05, 4.69) is 20.6 Å². The molecule has 6 nitrogen and oxygen atoms in total. The average molecular weight is 359 g/mol. The van der Waals surface area contributed by atoms with Crippen LogP contribution >= 0.6 is 11.3 Å². The first-order valence-corrected chi connectivity index (χ1v) is 8.73. The van der Waals surface area contributed by atoms with Crippen LogP contribution in [0.4, 0.5) is 9.52 Å². The molecule has 0 aliphatic rings. The number of anilines is 1. The van der Waals surface area contributed by atoms with Crippen LogP contribution in [0.2, 0.25) is 0 Å². The van der Waals surface area contributed by atoms with Crippen LogP contribution in [0.25, 0.3) is 5.69 Å². The van der Waals surface area contributed by atoms with E-state index in [4.69, 9.17) is 0 Å². The summed E-state index contributed by atoms with van der Waals surface area (Å²) in [4.78, 5) is 12.3. The minimum atomic E-state index is -0.298. The van der Waals surface area contributed by atoms with Gasteiger partial charge < -0.3 is 5.32 Å². The zero-order valence-electron chi connectivity index (χ0n) is 14.2. The van der Waals surface area contributed by atoms with Crippen molar-refractivity contribution < 1.29 is 9.18 Å². The van der Waals surface area contributed by atoms with Gasteiger partial charge >= 0.3 is 0 Å². The van der Waals surface area contributed by atoms with E-state index < -0.39 is 0 Å². The first-order chi connectivity index (χ1) is 12.0. The summed E-state index contributed by atoms with van der Waals surface area (Å²) < 4.78 is 14.8. The Hall–Kier alpha value is -2.61. The Morgan fingerprint density at radius 3 is 2.60 bits per heavy atom. The normalized spacial score (nSPS) is 10.9. The second-order valence-electron chi connectivity index (χ2n) is 5.62. The standard InChI is InChI=1S/C17H18FN5OS/c1-4-16-20-21-17(25-16)19-15(24)9-14-10(2)22-23(11(14)3)13-7-5-12(18)6-8-13/h5-8H,4,9H2,1-3H3,(H,19,21,24). The van der Waals surface area contributed by atoms with Crippen molar-refractivity contribution in [3.05, 3.63) is 52.0 Å². The van der Waals surface area contributed by atoms with E-state index in [0.29, 0.717) is 5.13 Å². The van der Waals surface area contributed by atoms with Crippen molar-refractivity contribution in [2.45, 2.75) is 33.6 Å². The van der Waals surface area contributed by atoms with Crippen LogP contribution in [0.15, 0.2) is 24.3 Å². The van der Waals surface area contributed by atoms with E-state index >= 15 is 0 Å². The molecule has 1 aromatic carbocycles. The Balaban J connectivity index is 1.78. The van der Waals surface area contributed by atoms with Crippen molar-refractivity contribution in [1.82, 2.24) is 20.0 Å². The molecule has 0 unspecified atom stereocenters. The Labute approximate surface area is 148 Å². The zero-order chi connectivity index (χ0) is 18.0. The van der Waals surface area contributed by atoms with Crippen molar-refractivity contribution in [2.24, 2.45) is 0 Å². The second kappa shape index (κ2) is 7.10. The lowest BCUT2D eigenvalue weighted by Gasteiger charge is -2.05. The second-order valence-corrected chi connectivity index (χ2v) is 6.68. The van der Waals surface area contributed by atoms with Crippen LogP contribution < -0.4 is 5.32 Å². The summed E-state index contributed by atoms with van der Waals surface area (Å²) in [5, 5.41) is 16.6. The number of amides is 1. The van der Waals surface area contributed by atoms with Gasteiger partial charge in [0, 0.05) is 11.3 Å². The third-order valence-electron chi connectivity index (χ3n) is 3.87. The lowest BCUT2D eigenvalue weighted by molar-refractivity contribution is -0.115. The third-order valence-corrected chi connectivity index (χ3v) is 4.85. The number of benzene rings is 1. The average Bonchev–Trinajstić information content (AvgIpc) is 3.15. The van der Waals surface area contributed by atoms with Crippen LogP contribution in [0.3, 0.4) is 0 Å². The molecule has 1 amide bonds. The highest BCUT2D eigenvalue weighted by Crippen LogP contribution is 2.20. The number of hydrogen-bond acceptors (Lipinski definition) is 5. The SMILES string of the molecule is CCc1nnc(NC(=O)Cc2c(C)nn(-c3ccc(F)cc3)c2C)s1. The van der Waals surface area contributed by atoms with Gasteiger partial charge in [-0.05, 0) is 44.5 Å². The summed E-state index contributed by atoms with van der Waals surface area (Å²) in [5.41, 5.74) is 3.22. The van der Waals surface area contributed by atoms with Crippen LogP contribution in [-0.4, -0.2) is 25.9 Å². The van der Waals surface area contributed by atoms with E-state index in [1.165, 1.54) is 23.5 Å². The number of carbonyl (C=O) groups is 1. The van der Waals surface area contributed by atoms with E-state index in [9.17, 15) is 9.18 Å². The predicted molar refractivity (Wildman–Crippen MR) is 94.6 cm³/mol. The number of carbonyl (C=O) groups excluding carboxylic acids is 1. The highest BCUT2D eigenvalue weighted by Gasteiger charge is 2.17. The molecule has 130 valence electrons. The van der Waals surface area contributed by atoms with Crippen LogP contribution in [0.1, 0.15) is 28.9 Å². The van der Waals surface area contributed by atoms with Crippen molar-refractivity contribution in [3.63, 3.8) is 0 Å². The summed E-state index contributed by atoms with van der Waals surface area (Å²) in [7, 11) is 0. The lowest BCUT2D eigenvalue weighted by atomic mass is 10.1. The Morgan fingerprint density at radius 1 is 1.24 bits per heavy atom. The minimum Gasteiger partial charge on any atom is -0.300 e. The largest absolute Gasteiger partial charge is 0.300 e. The number of hydrogen-bond donors (Lipinski definition) is 1. The number of nitrogens with one attached hydrogen (secondary N) is 1. The van der Waals surface area contributed by atoms with Crippen molar-refractivity contribution in [3.8, 4) is 5.69 Å². The maximum Gasteiger partial charge on any atom is 0.230 e. The molecule has 3 rings (SSSR count). The summed E-state index contributed by atoms with van der Waals surface area (Å²) in [6.45, 7) is 5.74. The number of rotatable bonds is 5. The van der Waals surface area contributed by atoms with Gasteiger partial charge in [-0.25, -0.2) is 9.07 Å². The lowest BCUT2D eigenvalue weighted by Crippen LogP contribution is -2.15. The zero-order valence-corrected chi connectivity index (χ0v) is 15.0. The van der Waals surface area contributed by atoms with Gasteiger partial charge in [0.2, 0.25) is 11.0 Å². The van der Waals surface area contributed by atoms with Gasteiger partial charge in [0.1, 0.15) is 10.8 Å². The van der Waals surface area contributed by atoms with Gasteiger partial charge in [-0.15, -0.1) is 10.2 Å². The monoisotopic (exact) mass is 359 g/mol. The predicted octanol–water partition coefficient (Wildman–Crippen LogP) is 3.22. The molecule has 1 N–H and O–H groups in total. The molecule has 0 radical (unpaired) electrons. The molecule has 0 aliphatic heterocycles. The van der Waals surface area contributed by atoms with Gasteiger partial charge in [-0.3, -0.25) is 4.79 Å². The molecule has 0 spiro atoms. The summed E-state index contributed by atoms with van der Waals surface area (Å²) >= 11 is 1.37. The highest BCUT2D eigenvalue weighted by molar-refractivity contribution is 7.15. The molecule has 0 bridgehead atoms. The summed E-state index contributed by atoms with van der Waals surface area (Å²) in [6, 6.07) is 6.09. The van der Waals surface area contributed by atoms with Crippen LogP contribution in [0, 0.1) is 19.7 Å². The molecule has 2 aromatic heterocycles. The fraction of sp³-hybridized carbons (Fsp3) is 0.294. The van der Waals surface area contributed by atoms with Gasteiger partial charge in [0.25, 0.3) is 0 Å². The molecule has 8 heteroatoms. The number of aromatic nitrogens is 4.